The number of Topliss-reactive ketones (excluding diaryl/α,β-unsaturated/α-hetero) is 1. The van der Waals surface area contributed by atoms with Crippen LogP contribution in [0, 0.1) is 16.7 Å². The van der Waals surface area contributed by atoms with Gasteiger partial charge in [-0.15, -0.1) is 0 Å². The van der Waals surface area contributed by atoms with Crippen LogP contribution in [-0.4, -0.2) is 5.78 Å². The minimum atomic E-state index is 0.0218. The average Bonchev–Trinajstić information content (AvgIpc) is 3.22. The molecular formula is C34H35NO. The van der Waals surface area contributed by atoms with Gasteiger partial charge in [0.1, 0.15) is 0 Å². The summed E-state index contributed by atoms with van der Waals surface area (Å²) in [6, 6.07) is 23.7. The molecule has 7 rings (SSSR count). The fourth-order valence-corrected chi connectivity index (χ4v) is 8.06. The zero-order valence-electron chi connectivity index (χ0n) is 21.6. The third-order valence-electron chi connectivity index (χ3n) is 10.6. The summed E-state index contributed by atoms with van der Waals surface area (Å²) in [6.45, 7) is 7.43. The smallest absolute Gasteiger partial charge is 0.162 e. The second-order valence-electron chi connectivity index (χ2n) is 12.4. The van der Waals surface area contributed by atoms with Crippen molar-refractivity contribution in [1.29, 1.82) is 0 Å². The second-order valence-corrected chi connectivity index (χ2v) is 12.4. The molecule has 2 nitrogen and oxygen atoms in total. The highest BCUT2D eigenvalue weighted by Crippen LogP contribution is 2.68. The van der Waals surface area contributed by atoms with E-state index in [0.717, 1.165) is 23.6 Å². The van der Waals surface area contributed by atoms with E-state index in [1.807, 2.05) is 0 Å². The molecule has 0 spiro atoms. The van der Waals surface area contributed by atoms with Gasteiger partial charge in [0.25, 0.3) is 0 Å². The van der Waals surface area contributed by atoms with E-state index in [4.69, 9.17) is 0 Å². The molecule has 3 aromatic carbocycles. The first-order chi connectivity index (χ1) is 17.4. The number of ketones is 1. The van der Waals surface area contributed by atoms with E-state index >= 15 is 0 Å². The molecule has 4 aliphatic rings. The van der Waals surface area contributed by atoms with E-state index < -0.39 is 0 Å². The van der Waals surface area contributed by atoms with Crippen molar-refractivity contribution < 1.29 is 4.79 Å². The minimum Gasteiger partial charge on any atom is -0.358 e. The van der Waals surface area contributed by atoms with Crippen LogP contribution in [0.15, 0.2) is 89.6 Å². The van der Waals surface area contributed by atoms with Gasteiger partial charge < -0.3 is 5.32 Å². The SMILES string of the molecule is CC12CCC(CC1=C[C@@H]1C3=C(C[C@H](c4ccccc4)CC3=O)Nc3ccc4ccccc4c31)C2(C)C. The van der Waals surface area contributed by atoms with Gasteiger partial charge in [-0.05, 0) is 76.3 Å². The van der Waals surface area contributed by atoms with Crippen molar-refractivity contribution in [2.75, 3.05) is 5.32 Å². The molecule has 0 aromatic heterocycles. The molecule has 36 heavy (non-hydrogen) atoms. The summed E-state index contributed by atoms with van der Waals surface area (Å²) in [5.74, 6) is 1.32. The van der Waals surface area contributed by atoms with Gasteiger partial charge in [0, 0.05) is 29.3 Å². The number of fused-ring (bicyclic) bond motifs is 5. The number of rotatable bonds is 2. The molecule has 2 fully saturated rings. The Kier molecular flexibility index (Phi) is 4.72. The lowest BCUT2D eigenvalue weighted by molar-refractivity contribution is -0.116. The largest absolute Gasteiger partial charge is 0.358 e. The maximum Gasteiger partial charge on any atom is 0.162 e. The highest BCUT2D eigenvalue weighted by Gasteiger charge is 2.58. The maximum atomic E-state index is 14.0. The molecule has 2 bridgehead atoms. The highest BCUT2D eigenvalue weighted by molar-refractivity contribution is 6.04. The zero-order valence-corrected chi connectivity index (χ0v) is 21.6. The Balaban J connectivity index is 1.41. The number of hydrogen-bond acceptors (Lipinski definition) is 2. The van der Waals surface area contributed by atoms with E-state index in [9.17, 15) is 4.79 Å². The summed E-state index contributed by atoms with van der Waals surface area (Å²) >= 11 is 0. The van der Waals surface area contributed by atoms with Gasteiger partial charge in [-0.1, -0.05) is 93.1 Å². The highest BCUT2D eigenvalue weighted by atomic mass is 16.1. The maximum absolute atomic E-state index is 14.0. The van der Waals surface area contributed by atoms with Crippen molar-refractivity contribution in [3.63, 3.8) is 0 Å². The Bertz CT molecular complexity index is 1460. The van der Waals surface area contributed by atoms with Crippen LogP contribution in [0.5, 0.6) is 0 Å². The van der Waals surface area contributed by atoms with Gasteiger partial charge in [0.15, 0.2) is 5.78 Å². The first-order valence-corrected chi connectivity index (χ1v) is 13.7. The van der Waals surface area contributed by atoms with Gasteiger partial charge in [0.2, 0.25) is 0 Å². The predicted molar refractivity (Wildman–Crippen MR) is 148 cm³/mol. The quantitative estimate of drug-likeness (QED) is 0.378. The standard InChI is InChI=1S/C34H35NO/c1-33(2)24-15-16-34(33,3)25(19-24)20-27-31-26-12-8-7-11-22(26)13-14-28(31)35-29-17-23(18-30(36)32(27)29)21-9-5-4-6-10-21/h4-14,20,23-24,27,35H,15-19H2,1-3H3/t23-,24?,27-,34?/m0/s1. The predicted octanol–water partition coefficient (Wildman–Crippen LogP) is 8.52. The Hall–Kier alpha value is -3.13. The number of benzene rings is 3. The first kappa shape index (κ1) is 22.1. The zero-order chi connectivity index (χ0) is 24.7. The van der Waals surface area contributed by atoms with Crippen molar-refractivity contribution in [3.8, 4) is 0 Å². The third kappa shape index (κ3) is 3.00. The molecule has 4 atom stereocenters. The number of carbonyl (C=O) groups excluding carboxylic acids is 1. The minimum absolute atomic E-state index is 0.0218. The number of nitrogens with one attached hydrogen (secondary N) is 1. The Morgan fingerprint density at radius 3 is 2.42 bits per heavy atom. The molecule has 182 valence electrons. The summed E-state index contributed by atoms with van der Waals surface area (Å²) in [6.07, 6.45) is 7.80. The van der Waals surface area contributed by atoms with Gasteiger partial charge >= 0.3 is 0 Å². The molecular weight excluding hydrogens is 438 g/mol. The molecule has 1 heterocycles. The van der Waals surface area contributed by atoms with Gasteiger partial charge in [-0.2, -0.15) is 0 Å². The molecule has 1 aliphatic heterocycles. The molecule has 0 saturated heterocycles. The monoisotopic (exact) mass is 473 g/mol. The first-order valence-electron chi connectivity index (χ1n) is 13.7. The van der Waals surface area contributed by atoms with Crippen molar-refractivity contribution in [2.24, 2.45) is 16.7 Å². The number of allylic oxidation sites excluding steroid dienone is 4. The summed E-state index contributed by atoms with van der Waals surface area (Å²) in [5.41, 5.74) is 8.00. The van der Waals surface area contributed by atoms with Crippen LogP contribution in [0.1, 0.15) is 75.8 Å². The number of anilines is 1. The fourth-order valence-electron chi connectivity index (χ4n) is 8.06. The normalized spacial score (nSPS) is 31.5. The van der Waals surface area contributed by atoms with Gasteiger partial charge in [0.05, 0.1) is 0 Å². The lowest BCUT2D eigenvalue weighted by Gasteiger charge is -2.39. The van der Waals surface area contributed by atoms with Crippen molar-refractivity contribution in [2.45, 2.75) is 64.7 Å². The van der Waals surface area contributed by atoms with Crippen LogP contribution in [0.3, 0.4) is 0 Å². The topological polar surface area (TPSA) is 29.1 Å². The van der Waals surface area contributed by atoms with Crippen molar-refractivity contribution in [1.82, 2.24) is 0 Å². The lowest BCUT2D eigenvalue weighted by Crippen LogP contribution is -2.30. The van der Waals surface area contributed by atoms with Gasteiger partial charge in [-0.25, -0.2) is 0 Å². The van der Waals surface area contributed by atoms with Crippen LogP contribution >= 0.6 is 0 Å². The number of carbonyl (C=O) groups is 1. The molecule has 0 amide bonds. The van der Waals surface area contributed by atoms with Crippen LogP contribution in [0.25, 0.3) is 10.8 Å². The molecule has 2 heteroatoms. The van der Waals surface area contributed by atoms with E-state index in [-0.39, 0.29) is 17.3 Å². The van der Waals surface area contributed by atoms with Gasteiger partial charge in [-0.3, -0.25) is 4.79 Å². The second kappa shape index (κ2) is 7.68. The van der Waals surface area contributed by atoms with Crippen LogP contribution < -0.4 is 5.32 Å². The molecule has 0 radical (unpaired) electrons. The van der Waals surface area contributed by atoms with Crippen LogP contribution in [-0.2, 0) is 4.79 Å². The summed E-state index contributed by atoms with van der Waals surface area (Å²) in [5, 5.41) is 6.28. The summed E-state index contributed by atoms with van der Waals surface area (Å²) in [7, 11) is 0. The fraction of sp³-hybridized carbons (Fsp3) is 0.382. The van der Waals surface area contributed by atoms with E-state index in [2.05, 4.69) is 98.9 Å². The average molecular weight is 474 g/mol. The Morgan fingerprint density at radius 2 is 1.67 bits per heavy atom. The van der Waals surface area contributed by atoms with E-state index in [1.54, 1.807) is 5.57 Å². The molecule has 3 aliphatic carbocycles. The van der Waals surface area contributed by atoms with E-state index in [1.165, 1.54) is 46.8 Å². The molecule has 2 saturated carbocycles. The summed E-state index contributed by atoms with van der Waals surface area (Å²) in [4.78, 5) is 14.0. The lowest BCUT2D eigenvalue weighted by atomic mass is 9.67. The Morgan fingerprint density at radius 1 is 0.889 bits per heavy atom. The number of hydrogen-bond donors (Lipinski definition) is 1. The van der Waals surface area contributed by atoms with Crippen molar-refractivity contribution >= 4 is 22.2 Å². The molecule has 3 aromatic rings. The van der Waals surface area contributed by atoms with Crippen molar-refractivity contribution in [3.05, 3.63) is 101 Å². The van der Waals surface area contributed by atoms with E-state index in [0.29, 0.717) is 17.6 Å². The van der Waals surface area contributed by atoms with Crippen LogP contribution in [0.2, 0.25) is 0 Å². The molecule has 1 N–H and O–H groups in total. The summed E-state index contributed by atoms with van der Waals surface area (Å²) < 4.78 is 0. The third-order valence-corrected chi connectivity index (χ3v) is 10.6. The van der Waals surface area contributed by atoms with Crippen LogP contribution in [0.4, 0.5) is 5.69 Å². The molecule has 2 unspecified atom stereocenters. The Labute approximate surface area is 214 Å².